The second-order valence-electron chi connectivity index (χ2n) is 3.40. The second-order valence-corrected chi connectivity index (χ2v) is 5.11. The fraction of sp³-hybridized carbons (Fsp3) is 0.500. The van der Waals surface area contributed by atoms with Crippen LogP contribution in [0.1, 0.15) is 24.2 Å². The highest BCUT2D eigenvalue weighted by molar-refractivity contribution is 7.89. The molecule has 1 heterocycles. The molecule has 0 aromatic carbocycles. The van der Waals surface area contributed by atoms with Gasteiger partial charge in [0.1, 0.15) is 0 Å². The smallest absolute Gasteiger partial charge is 0.339 e. The van der Waals surface area contributed by atoms with E-state index in [4.69, 9.17) is 4.74 Å². The molecule has 96 valence electrons. The fourth-order valence-corrected chi connectivity index (χ4v) is 2.64. The molecule has 0 unspecified atom stereocenters. The zero-order chi connectivity index (χ0) is 13.1. The summed E-state index contributed by atoms with van der Waals surface area (Å²) < 4.78 is 32.1. The van der Waals surface area contributed by atoms with Gasteiger partial charge in [-0.3, -0.25) is 0 Å². The van der Waals surface area contributed by atoms with E-state index in [1.54, 1.807) is 20.9 Å². The molecule has 0 aliphatic carbocycles. The van der Waals surface area contributed by atoms with Gasteiger partial charge in [-0.15, -0.1) is 0 Å². The van der Waals surface area contributed by atoms with Crippen molar-refractivity contribution in [2.24, 2.45) is 7.05 Å². The number of esters is 1. The molecule has 1 N–H and O–H groups in total. The van der Waals surface area contributed by atoms with Crippen LogP contribution in [-0.4, -0.2) is 32.1 Å². The first-order valence-electron chi connectivity index (χ1n) is 5.25. The van der Waals surface area contributed by atoms with Crippen molar-refractivity contribution in [2.45, 2.75) is 18.9 Å². The molecular weight excluding hydrogens is 244 g/mol. The first kappa shape index (κ1) is 13.7. The van der Waals surface area contributed by atoms with E-state index in [9.17, 15) is 13.2 Å². The number of sulfonamides is 1. The minimum atomic E-state index is -3.56. The second kappa shape index (κ2) is 5.33. The quantitative estimate of drug-likeness (QED) is 0.782. The van der Waals surface area contributed by atoms with Crippen LogP contribution in [0.3, 0.4) is 0 Å². The van der Waals surface area contributed by atoms with Crippen molar-refractivity contribution in [3.8, 4) is 0 Å². The first-order valence-corrected chi connectivity index (χ1v) is 6.73. The van der Waals surface area contributed by atoms with Crippen molar-refractivity contribution < 1.29 is 17.9 Å². The van der Waals surface area contributed by atoms with Gasteiger partial charge >= 0.3 is 5.97 Å². The van der Waals surface area contributed by atoms with E-state index < -0.39 is 16.0 Å². The molecule has 1 aromatic rings. The largest absolute Gasteiger partial charge is 0.462 e. The molecule has 1 aromatic heterocycles. The SMILES string of the molecule is CCNS(=O)(=O)c1cc(C(=O)OCC)cn1C. The molecule has 0 spiro atoms. The summed E-state index contributed by atoms with van der Waals surface area (Å²) in [5, 5.41) is 0.0439. The van der Waals surface area contributed by atoms with Crippen molar-refractivity contribution >= 4 is 16.0 Å². The lowest BCUT2D eigenvalue weighted by Gasteiger charge is -2.04. The van der Waals surface area contributed by atoms with Gasteiger partial charge in [0, 0.05) is 19.8 Å². The van der Waals surface area contributed by atoms with Gasteiger partial charge in [-0.2, -0.15) is 0 Å². The van der Waals surface area contributed by atoms with Crippen LogP contribution in [-0.2, 0) is 21.8 Å². The molecular formula is C10H16N2O4S. The van der Waals surface area contributed by atoms with Crippen LogP contribution in [0.4, 0.5) is 0 Å². The molecule has 1 rings (SSSR count). The Morgan fingerprint density at radius 1 is 1.47 bits per heavy atom. The third kappa shape index (κ3) is 3.07. The molecule has 6 nitrogen and oxygen atoms in total. The number of rotatable bonds is 5. The number of nitrogens with one attached hydrogen (secondary N) is 1. The monoisotopic (exact) mass is 260 g/mol. The van der Waals surface area contributed by atoms with E-state index in [1.165, 1.54) is 16.8 Å². The Morgan fingerprint density at radius 2 is 2.12 bits per heavy atom. The number of hydrogen-bond acceptors (Lipinski definition) is 4. The molecule has 0 aliphatic heterocycles. The van der Waals surface area contributed by atoms with Gasteiger partial charge < -0.3 is 9.30 Å². The Labute approximate surface area is 101 Å². The van der Waals surface area contributed by atoms with Gasteiger partial charge in [-0.05, 0) is 13.0 Å². The Balaban J connectivity index is 3.09. The number of aromatic nitrogens is 1. The average molecular weight is 260 g/mol. The van der Waals surface area contributed by atoms with E-state index in [1.807, 2.05) is 0 Å². The highest BCUT2D eigenvalue weighted by Crippen LogP contribution is 2.14. The predicted molar refractivity (Wildman–Crippen MR) is 62.2 cm³/mol. The van der Waals surface area contributed by atoms with Gasteiger partial charge in [-0.25, -0.2) is 17.9 Å². The Hall–Kier alpha value is -1.34. The molecule has 0 aliphatic rings. The highest BCUT2D eigenvalue weighted by Gasteiger charge is 2.20. The van der Waals surface area contributed by atoms with Crippen molar-refractivity contribution in [3.05, 3.63) is 17.8 Å². The van der Waals surface area contributed by atoms with Gasteiger partial charge in [0.2, 0.25) is 0 Å². The number of hydrogen-bond donors (Lipinski definition) is 1. The first-order chi connectivity index (χ1) is 7.92. The highest BCUT2D eigenvalue weighted by atomic mass is 32.2. The summed E-state index contributed by atoms with van der Waals surface area (Å²) in [5.41, 5.74) is 0.228. The van der Waals surface area contributed by atoms with E-state index >= 15 is 0 Å². The minimum Gasteiger partial charge on any atom is -0.462 e. The summed E-state index contributed by atoms with van der Waals surface area (Å²) in [7, 11) is -2.00. The lowest BCUT2D eigenvalue weighted by Crippen LogP contribution is -2.24. The molecule has 17 heavy (non-hydrogen) atoms. The van der Waals surface area contributed by atoms with E-state index in [0.29, 0.717) is 6.54 Å². The Bertz CT molecular complexity index is 504. The molecule has 0 fully saturated rings. The Morgan fingerprint density at radius 3 is 2.65 bits per heavy atom. The van der Waals surface area contributed by atoms with Gasteiger partial charge in [0.15, 0.2) is 5.03 Å². The van der Waals surface area contributed by atoms with Crippen LogP contribution >= 0.6 is 0 Å². The number of carbonyl (C=O) groups is 1. The van der Waals surface area contributed by atoms with Crippen LogP contribution in [0.25, 0.3) is 0 Å². The standard InChI is InChI=1S/C10H16N2O4S/c1-4-11-17(14,15)9-6-8(7-12(9)3)10(13)16-5-2/h6-7,11H,4-5H2,1-3H3. The van der Waals surface area contributed by atoms with Gasteiger partial charge in [0.25, 0.3) is 10.0 Å². The molecule has 0 atom stereocenters. The number of aryl methyl sites for hydroxylation is 1. The maximum atomic E-state index is 11.8. The van der Waals surface area contributed by atoms with Gasteiger partial charge in [0.05, 0.1) is 12.2 Å². The van der Waals surface area contributed by atoms with Crippen molar-refractivity contribution in [1.29, 1.82) is 0 Å². The molecule has 0 saturated heterocycles. The third-order valence-corrected chi connectivity index (χ3v) is 3.71. The summed E-state index contributed by atoms with van der Waals surface area (Å²) in [6.45, 7) is 3.93. The number of ether oxygens (including phenoxy) is 1. The molecule has 0 bridgehead atoms. The lowest BCUT2D eigenvalue weighted by atomic mass is 10.3. The predicted octanol–water partition coefficient (Wildman–Crippen LogP) is 0.500. The van der Waals surface area contributed by atoms with Crippen molar-refractivity contribution in [1.82, 2.24) is 9.29 Å². The topological polar surface area (TPSA) is 77.4 Å². The lowest BCUT2D eigenvalue weighted by molar-refractivity contribution is 0.0526. The fourth-order valence-electron chi connectivity index (χ4n) is 1.40. The van der Waals surface area contributed by atoms with Gasteiger partial charge in [-0.1, -0.05) is 6.92 Å². The summed E-state index contributed by atoms with van der Waals surface area (Å²) in [4.78, 5) is 11.4. The Kier molecular flexibility index (Phi) is 4.30. The summed E-state index contributed by atoms with van der Waals surface area (Å²) in [5.74, 6) is -0.527. The third-order valence-electron chi connectivity index (χ3n) is 2.08. The van der Waals surface area contributed by atoms with Crippen LogP contribution < -0.4 is 4.72 Å². The molecule has 0 radical (unpaired) electrons. The van der Waals surface area contributed by atoms with E-state index in [-0.39, 0.29) is 17.2 Å². The van der Waals surface area contributed by atoms with Crippen LogP contribution in [0.5, 0.6) is 0 Å². The average Bonchev–Trinajstić information content (AvgIpc) is 2.61. The van der Waals surface area contributed by atoms with Crippen molar-refractivity contribution in [3.63, 3.8) is 0 Å². The van der Waals surface area contributed by atoms with Crippen LogP contribution in [0.2, 0.25) is 0 Å². The molecule has 7 heteroatoms. The maximum absolute atomic E-state index is 11.8. The van der Waals surface area contributed by atoms with Crippen LogP contribution in [0.15, 0.2) is 17.3 Å². The minimum absolute atomic E-state index is 0.0439. The van der Waals surface area contributed by atoms with Crippen LogP contribution in [0, 0.1) is 0 Å². The normalized spacial score (nSPS) is 11.5. The van der Waals surface area contributed by atoms with E-state index in [0.717, 1.165) is 0 Å². The molecule has 0 amide bonds. The summed E-state index contributed by atoms with van der Waals surface area (Å²) in [6.07, 6.45) is 1.43. The van der Waals surface area contributed by atoms with Crippen molar-refractivity contribution in [2.75, 3.05) is 13.2 Å². The maximum Gasteiger partial charge on any atom is 0.339 e. The summed E-state index contributed by atoms with van der Waals surface area (Å²) in [6, 6.07) is 1.30. The van der Waals surface area contributed by atoms with E-state index in [2.05, 4.69) is 4.72 Å². The molecule has 0 saturated carbocycles. The summed E-state index contributed by atoms with van der Waals surface area (Å²) >= 11 is 0. The number of carbonyl (C=O) groups excluding carboxylic acids is 1. The zero-order valence-electron chi connectivity index (χ0n) is 10.1. The number of nitrogens with zero attached hydrogens (tertiary/aromatic N) is 1. The zero-order valence-corrected chi connectivity index (χ0v) is 10.9.